The maximum absolute atomic E-state index is 13.8. The number of piperidine rings is 1. The third kappa shape index (κ3) is 4.27. The molecule has 2 N–H and O–H groups in total. The summed E-state index contributed by atoms with van der Waals surface area (Å²) in [5.74, 6) is 0.389. The van der Waals surface area contributed by atoms with E-state index in [4.69, 9.17) is 4.74 Å². The Labute approximate surface area is 206 Å². The first kappa shape index (κ1) is 22.7. The average molecular weight is 478 g/mol. The minimum absolute atomic E-state index is 0.190. The van der Waals surface area contributed by atoms with Crippen LogP contribution in [0.1, 0.15) is 44.9 Å². The first-order valence-electron chi connectivity index (χ1n) is 13.1. The van der Waals surface area contributed by atoms with Crippen molar-refractivity contribution in [2.75, 3.05) is 44.2 Å². The highest BCUT2D eigenvalue weighted by atomic mass is 16.5. The number of ether oxygens (including phenoxy) is 1. The topological polar surface area (TPSA) is 90.8 Å². The van der Waals surface area contributed by atoms with Gasteiger partial charge in [-0.3, -0.25) is 4.79 Å². The average Bonchev–Trinajstić information content (AvgIpc) is 2.84. The monoisotopic (exact) mass is 477 g/mol. The molecule has 0 bridgehead atoms. The van der Waals surface area contributed by atoms with E-state index in [1.165, 1.54) is 19.3 Å². The van der Waals surface area contributed by atoms with Crippen LogP contribution in [-0.2, 0) is 9.53 Å². The van der Waals surface area contributed by atoms with Crippen molar-refractivity contribution in [2.24, 2.45) is 5.41 Å². The number of amides is 1. The molecule has 0 unspecified atom stereocenters. The Kier molecular flexibility index (Phi) is 5.89. The second-order valence-corrected chi connectivity index (χ2v) is 10.9. The zero-order valence-electron chi connectivity index (χ0n) is 20.3. The number of phenolic OH excluding ortho intramolecular Hbond substituents is 1. The van der Waals surface area contributed by atoms with E-state index in [2.05, 4.69) is 20.4 Å². The molecule has 35 heavy (non-hydrogen) atoms. The number of aromatic nitrogens is 2. The predicted molar refractivity (Wildman–Crippen MR) is 133 cm³/mol. The van der Waals surface area contributed by atoms with E-state index in [0.29, 0.717) is 29.5 Å². The second kappa shape index (κ2) is 9.06. The number of nitrogens with one attached hydrogen (secondary N) is 1. The summed E-state index contributed by atoms with van der Waals surface area (Å²) in [6.45, 7) is 5.22. The number of carbonyl (C=O) groups excluding carboxylic acids is 1. The normalized spacial score (nSPS) is 23.5. The third-order valence-electron chi connectivity index (χ3n) is 8.43. The number of likely N-dealkylation sites (tertiary alicyclic amines) is 1. The van der Waals surface area contributed by atoms with Gasteiger partial charge in [0.2, 0.25) is 0 Å². The molecule has 0 atom stereocenters. The van der Waals surface area contributed by atoms with Gasteiger partial charge in [-0.25, -0.2) is 0 Å². The van der Waals surface area contributed by atoms with Crippen molar-refractivity contribution in [2.45, 2.75) is 56.7 Å². The third-order valence-corrected chi connectivity index (χ3v) is 8.43. The van der Waals surface area contributed by atoms with Gasteiger partial charge < -0.3 is 25.0 Å². The fraction of sp³-hybridized carbons (Fsp3) is 0.593. The van der Waals surface area contributed by atoms with E-state index >= 15 is 0 Å². The first-order chi connectivity index (χ1) is 17.1. The molecule has 8 heteroatoms. The standard InChI is InChI=1S/C27H35N5O3/c33-24-9-5-4-8-22(24)23-14-20(15-29-30-23)31-12-10-27(11-13-31,35-21-6-2-1-3-7-21)25(34)32-18-26(19-32)16-28-17-26/h4-5,8-9,14-15,21,28,33H,1-3,6-7,10-13,16-19H2. The maximum atomic E-state index is 13.8. The van der Waals surface area contributed by atoms with Gasteiger partial charge in [-0.1, -0.05) is 31.4 Å². The summed E-state index contributed by atoms with van der Waals surface area (Å²) in [7, 11) is 0. The molecule has 8 nitrogen and oxygen atoms in total. The van der Waals surface area contributed by atoms with Gasteiger partial charge in [0.05, 0.1) is 23.7 Å². The molecular weight excluding hydrogens is 442 g/mol. The number of phenols is 1. The molecule has 1 aliphatic carbocycles. The van der Waals surface area contributed by atoms with Crippen LogP contribution < -0.4 is 10.2 Å². The smallest absolute Gasteiger partial charge is 0.255 e. The summed E-state index contributed by atoms with van der Waals surface area (Å²) in [5, 5.41) is 22.1. The van der Waals surface area contributed by atoms with Gasteiger partial charge in [0, 0.05) is 63.1 Å². The molecule has 0 radical (unpaired) electrons. The molecule has 1 aromatic carbocycles. The number of aromatic hydroxyl groups is 1. The van der Waals surface area contributed by atoms with Gasteiger partial charge in [-0.2, -0.15) is 10.2 Å². The number of anilines is 1. The SMILES string of the molecule is O=C(N1CC2(CNC2)C1)C1(OC2CCCCC2)CCN(c2cnnc(-c3ccccc3O)c2)CC1. The van der Waals surface area contributed by atoms with Crippen molar-refractivity contribution >= 4 is 11.6 Å². The Morgan fingerprint density at radius 1 is 1.09 bits per heavy atom. The van der Waals surface area contributed by atoms with E-state index in [-0.39, 0.29) is 17.8 Å². The highest BCUT2D eigenvalue weighted by molar-refractivity contribution is 5.87. The molecule has 1 aromatic heterocycles. The van der Waals surface area contributed by atoms with Crippen molar-refractivity contribution in [1.82, 2.24) is 20.4 Å². The van der Waals surface area contributed by atoms with Crippen LogP contribution in [0.3, 0.4) is 0 Å². The van der Waals surface area contributed by atoms with Crippen LogP contribution >= 0.6 is 0 Å². The number of para-hydroxylation sites is 1. The van der Waals surface area contributed by atoms with Crippen molar-refractivity contribution in [3.8, 4) is 17.0 Å². The summed E-state index contributed by atoms with van der Waals surface area (Å²) < 4.78 is 6.76. The van der Waals surface area contributed by atoms with Crippen molar-refractivity contribution in [1.29, 1.82) is 0 Å². The molecule has 4 aliphatic rings. The van der Waals surface area contributed by atoms with E-state index in [1.807, 2.05) is 23.1 Å². The van der Waals surface area contributed by atoms with E-state index in [9.17, 15) is 9.90 Å². The van der Waals surface area contributed by atoms with Gasteiger partial charge >= 0.3 is 0 Å². The first-order valence-corrected chi connectivity index (χ1v) is 13.1. The Hall–Kier alpha value is -2.71. The number of hydrogen-bond donors (Lipinski definition) is 2. The lowest BCUT2D eigenvalue weighted by atomic mass is 9.73. The van der Waals surface area contributed by atoms with Crippen molar-refractivity contribution in [3.05, 3.63) is 36.5 Å². The molecule has 3 aliphatic heterocycles. The largest absolute Gasteiger partial charge is 0.507 e. The Bertz CT molecular complexity index is 1070. The molecule has 6 rings (SSSR count). The van der Waals surface area contributed by atoms with Crippen LogP contribution in [0.2, 0.25) is 0 Å². The summed E-state index contributed by atoms with van der Waals surface area (Å²) in [5.41, 5.74) is 1.86. The van der Waals surface area contributed by atoms with Gasteiger partial charge in [-0.15, -0.1) is 0 Å². The second-order valence-electron chi connectivity index (χ2n) is 10.9. The molecule has 4 heterocycles. The lowest BCUT2D eigenvalue weighted by molar-refractivity contribution is -0.186. The zero-order valence-corrected chi connectivity index (χ0v) is 20.3. The summed E-state index contributed by atoms with van der Waals surface area (Å²) in [6.07, 6.45) is 9.09. The molecule has 1 spiro atoms. The molecular formula is C27H35N5O3. The van der Waals surface area contributed by atoms with E-state index < -0.39 is 5.60 Å². The van der Waals surface area contributed by atoms with Crippen molar-refractivity contribution < 1.29 is 14.6 Å². The highest BCUT2D eigenvalue weighted by Crippen LogP contribution is 2.41. The highest BCUT2D eigenvalue weighted by Gasteiger charge is 2.55. The van der Waals surface area contributed by atoms with Gasteiger partial charge in [0.15, 0.2) is 5.60 Å². The summed E-state index contributed by atoms with van der Waals surface area (Å²) >= 11 is 0. The predicted octanol–water partition coefficient (Wildman–Crippen LogP) is 2.97. The van der Waals surface area contributed by atoms with E-state index in [0.717, 1.165) is 57.8 Å². The minimum Gasteiger partial charge on any atom is -0.507 e. The van der Waals surface area contributed by atoms with Gasteiger partial charge in [-0.05, 0) is 31.0 Å². The number of carbonyl (C=O) groups is 1. The minimum atomic E-state index is -0.724. The molecule has 1 amide bonds. The zero-order chi connectivity index (χ0) is 23.9. The number of benzene rings is 1. The molecule has 4 fully saturated rings. The van der Waals surface area contributed by atoms with Crippen LogP contribution in [0.5, 0.6) is 5.75 Å². The summed E-state index contributed by atoms with van der Waals surface area (Å²) in [4.78, 5) is 18.1. The van der Waals surface area contributed by atoms with Crippen LogP contribution in [0.4, 0.5) is 5.69 Å². The lowest BCUT2D eigenvalue weighted by Crippen LogP contribution is -2.74. The van der Waals surface area contributed by atoms with Crippen LogP contribution in [0, 0.1) is 5.41 Å². The number of rotatable bonds is 5. The lowest BCUT2D eigenvalue weighted by Gasteiger charge is -2.58. The fourth-order valence-electron chi connectivity index (χ4n) is 6.26. The molecule has 186 valence electrons. The van der Waals surface area contributed by atoms with Crippen LogP contribution in [-0.4, -0.2) is 77.1 Å². The quantitative estimate of drug-likeness (QED) is 0.684. The number of nitrogens with zero attached hydrogens (tertiary/aromatic N) is 4. The Morgan fingerprint density at radius 3 is 2.51 bits per heavy atom. The molecule has 1 saturated carbocycles. The molecule has 2 aromatic rings. The Balaban J connectivity index is 1.19. The van der Waals surface area contributed by atoms with Crippen LogP contribution in [0.25, 0.3) is 11.3 Å². The van der Waals surface area contributed by atoms with Gasteiger partial charge in [0.25, 0.3) is 5.91 Å². The van der Waals surface area contributed by atoms with Crippen molar-refractivity contribution in [3.63, 3.8) is 0 Å². The Morgan fingerprint density at radius 2 is 1.83 bits per heavy atom. The van der Waals surface area contributed by atoms with E-state index in [1.54, 1.807) is 18.3 Å². The number of hydrogen-bond acceptors (Lipinski definition) is 7. The van der Waals surface area contributed by atoms with Crippen LogP contribution in [0.15, 0.2) is 36.5 Å². The fourth-order valence-corrected chi connectivity index (χ4v) is 6.26. The maximum Gasteiger partial charge on any atom is 0.255 e. The summed E-state index contributed by atoms with van der Waals surface area (Å²) in [6, 6.07) is 9.16. The molecule has 3 saturated heterocycles. The van der Waals surface area contributed by atoms with Gasteiger partial charge in [0.1, 0.15) is 5.75 Å².